The van der Waals surface area contributed by atoms with Crippen LogP contribution in [0.5, 0.6) is 0 Å². The van der Waals surface area contributed by atoms with Gasteiger partial charge in [-0.3, -0.25) is 4.57 Å². The fraction of sp³-hybridized carbons (Fsp3) is 1.00. The van der Waals surface area contributed by atoms with Crippen molar-refractivity contribution < 1.29 is 14.1 Å². The van der Waals surface area contributed by atoms with Gasteiger partial charge in [0, 0.05) is 6.66 Å². The normalized spacial score (nSPS) is 17.9. The van der Waals surface area contributed by atoms with Crippen molar-refractivity contribution in [1.29, 1.82) is 0 Å². The van der Waals surface area contributed by atoms with Gasteiger partial charge in [-0.25, -0.2) is 4.89 Å². The molecule has 0 amide bonds. The largest absolute Gasteiger partial charge is 0.322 e. The number of nitrogens with two attached hydrogens (primary N) is 1. The van der Waals surface area contributed by atoms with Gasteiger partial charge in [-0.15, -0.1) is 0 Å². The standard InChI is InChI=1S/C3H10NO3P/c1-6-7-8(2,5)3-4/h3-4H2,1-2H3. The van der Waals surface area contributed by atoms with Crippen LogP contribution >= 0.6 is 7.37 Å². The van der Waals surface area contributed by atoms with Crippen LogP contribution in [0.15, 0.2) is 0 Å². The third-order valence-corrected chi connectivity index (χ3v) is 1.69. The van der Waals surface area contributed by atoms with Gasteiger partial charge >= 0.3 is 0 Å². The first kappa shape index (κ1) is 8.11. The molecule has 5 heteroatoms. The van der Waals surface area contributed by atoms with Crippen LogP contribution in [0.4, 0.5) is 0 Å². The topological polar surface area (TPSA) is 61.5 Å². The highest BCUT2D eigenvalue weighted by atomic mass is 31.2. The van der Waals surface area contributed by atoms with E-state index in [0.29, 0.717) is 0 Å². The summed E-state index contributed by atoms with van der Waals surface area (Å²) in [6, 6.07) is 0. The maximum Gasteiger partial charge on any atom is 0.245 e. The lowest BCUT2D eigenvalue weighted by molar-refractivity contribution is -0.175. The molecule has 0 rings (SSSR count). The van der Waals surface area contributed by atoms with E-state index >= 15 is 0 Å². The molecule has 2 N–H and O–H groups in total. The number of hydrogen-bond donors (Lipinski definition) is 1. The van der Waals surface area contributed by atoms with Crippen molar-refractivity contribution in [1.82, 2.24) is 0 Å². The molecule has 0 aromatic heterocycles. The predicted octanol–water partition coefficient (Wildman–Crippen LogP) is 0.388. The molecular formula is C3H10NO3P. The second-order valence-electron chi connectivity index (χ2n) is 1.44. The van der Waals surface area contributed by atoms with E-state index in [2.05, 4.69) is 9.56 Å². The van der Waals surface area contributed by atoms with Crippen LogP contribution in [0.25, 0.3) is 0 Å². The Morgan fingerprint density at radius 3 is 2.38 bits per heavy atom. The minimum absolute atomic E-state index is 0.0147. The molecule has 0 aromatic rings. The highest BCUT2D eigenvalue weighted by Crippen LogP contribution is 2.39. The summed E-state index contributed by atoms with van der Waals surface area (Å²) in [6.07, 6.45) is 0.0147. The van der Waals surface area contributed by atoms with Gasteiger partial charge < -0.3 is 5.73 Å². The number of rotatable bonds is 3. The summed E-state index contributed by atoms with van der Waals surface area (Å²) in [4.78, 5) is 4.15. The zero-order valence-corrected chi connectivity index (χ0v) is 5.85. The van der Waals surface area contributed by atoms with E-state index < -0.39 is 7.37 Å². The van der Waals surface area contributed by atoms with Crippen molar-refractivity contribution in [3.63, 3.8) is 0 Å². The molecule has 0 radical (unpaired) electrons. The summed E-state index contributed by atoms with van der Waals surface area (Å²) >= 11 is 0. The quantitative estimate of drug-likeness (QED) is 0.349. The third kappa shape index (κ3) is 3.16. The van der Waals surface area contributed by atoms with Crippen molar-refractivity contribution in [3.05, 3.63) is 0 Å². The molecule has 0 saturated heterocycles. The molecule has 4 nitrogen and oxygen atoms in total. The Kier molecular flexibility index (Phi) is 3.24. The molecule has 50 valence electrons. The summed E-state index contributed by atoms with van der Waals surface area (Å²) in [5.74, 6) is 0. The van der Waals surface area contributed by atoms with Crippen LogP contribution in [-0.2, 0) is 14.1 Å². The molecule has 0 heterocycles. The van der Waals surface area contributed by atoms with E-state index in [1.165, 1.54) is 13.8 Å². The van der Waals surface area contributed by atoms with E-state index in [0.717, 1.165) is 0 Å². The predicted molar refractivity (Wildman–Crippen MR) is 30.7 cm³/mol. The summed E-state index contributed by atoms with van der Waals surface area (Å²) in [5.41, 5.74) is 5.02. The lowest BCUT2D eigenvalue weighted by Gasteiger charge is -2.05. The lowest BCUT2D eigenvalue weighted by atomic mass is 11.5. The average molecular weight is 139 g/mol. The van der Waals surface area contributed by atoms with Crippen LogP contribution in [-0.4, -0.2) is 20.1 Å². The summed E-state index contributed by atoms with van der Waals surface area (Å²) in [7, 11) is -1.32. The second-order valence-corrected chi connectivity index (χ2v) is 3.98. The van der Waals surface area contributed by atoms with Crippen molar-refractivity contribution in [2.75, 3.05) is 20.1 Å². The molecule has 0 spiro atoms. The molecule has 0 saturated carbocycles. The zero-order valence-electron chi connectivity index (χ0n) is 4.96. The first-order valence-corrected chi connectivity index (χ1v) is 4.37. The van der Waals surface area contributed by atoms with Crippen LogP contribution in [0.2, 0.25) is 0 Å². The van der Waals surface area contributed by atoms with Gasteiger partial charge in [0.1, 0.15) is 0 Å². The molecule has 0 aromatic carbocycles. The third-order valence-electron chi connectivity index (χ3n) is 0.564. The van der Waals surface area contributed by atoms with E-state index in [4.69, 9.17) is 5.73 Å². The molecule has 0 aliphatic rings. The molecule has 0 aliphatic carbocycles. The zero-order chi connectivity index (χ0) is 6.62. The molecular weight excluding hydrogens is 129 g/mol. The summed E-state index contributed by atoms with van der Waals surface area (Å²) in [6.45, 7) is 1.41. The van der Waals surface area contributed by atoms with Crippen molar-refractivity contribution in [3.8, 4) is 0 Å². The van der Waals surface area contributed by atoms with E-state index in [9.17, 15) is 4.57 Å². The monoisotopic (exact) mass is 139 g/mol. The molecule has 0 aliphatic heterocycles. The van der Waals surface area contributed by atoms with Gasteiger partial charge in [0.25, 0.3) is 0 Å². The van der Waals surface area contributed by atoms with E-state index in [1.807, 2.05) is 0 Å². The summed E-state index contributed by atoms with van der Waals surface area (Å²) in [5, 5.41) is 0. The van der Waals surface area contributed by atoms with Crippen molar-refractivity contribution in [2.45, 2.75) is 0 Å². The summed E-state index contributed by atoms with van der Waals surface area (Å²) < 4.78 is 15.0. The van der Waals surface area contributed by atoms with Crippen molar-refractivity contribution in [2.24, 2.45) is 5.73 Å². The van der Waals surface area contributed by atoms with Crippen LogP contribution in [0.3, 0.4) is 0 Å². The van der Waals surface area contributed by atoms with Crippen LogP contribution in [0, 0.1) is 0 Å². The SMILES string of the molecule is COOP(C)(=O)CN. The van der Waals surface area contributed by atoms with Gasteiger partial charge in [-0.05, 0) is 0 Å². The molecule has 8 heavy (non-hydrogen) atoms. The van der Waals surface area contributed by atoms with Gasteiger partial charge in [-0.1, -0.05) is 0 Å². The highest BCUT2D eigenvalue weighted by Gasteiger charge is 2.12. The maximum absolute atomic E-state index is 10.7. The van der Waals surface area contributed by atoms with Gasteiger partial charge in [0.2, 0.25) is 7.37 Å². The Labute approximate surface area is 48.3 Å². The lowest BCUT2D eigenvalue weighted by Crippen LogP contribution is -2.01. The second kappa shape index (κ2) is 3.20. The van der Waals surface area contributed by atoms with Gasteiger partial charge in [0.15, 0.2) is 0 Å². The Hall–Kier alpha value is 0.110. The average Bonchev–Trinajstić information content (AvgIpc) is 1.67. The Bertz CT molecular complexity index is 105. The van der Waals surface area contributed by atoms with E-state index in [1.54, 1.807) is 0 Å². The van der Waals surface area contributed by atoms with Crippen LogP contribution in [0.1, 0.15) is 0 Å². The fourth-order valence-corrected chi connectivity index (χ4v) is 0.564. The smallest absolute Gasteiger partial charge is 0.245 e. The fourth-order valence-electron chi connectivity index (χ4n) is 0.188. The van der Waals surface area contributed by atoms with Crippen LogP contribution < -0.4 is 5.73 Å². The first-order valence-electron chi connectivity index (χ1n) is 2.11. The van der Waals surface area contributed by atoms with E-state index in [-0.39, 0.29) is 6.29 Å². The van der Waals surface area contributed by atoms with Gasteiger partial charge in [-0.2, -0.15) is 4.67 Å². The molecule has 0 fully saturated rings. The maximum atomic E-state index is 10.7. The molecule has 0 bridgehead atoms. The minimum atomic E-state index is -2.62. The molecule has 1 unspecified atom stereocenters. The van der Waals surface area contributed by atoms with Gasteiger partial charge in [0.05, 0.1) is 13.4 Å². The minimum Gasteiger partial charge on any atom is -0.322 e. The highest BCUT2D eigenvalue weighted by molar-refractivity contribution is 7.57. The Morgan fingerprint density at radius 2 is 2.25 bits per heavy atom. The number of hydrogen-bond acceptors (Lipinski definition) is 4. The molecule has 1 atom stereocenters. The Morgan fingerprint density at radius 1 is 1.75 bits per heavy atom. The van der Waals surface area contributed by atoms with Crippen molar-refractivity contribution >= 4 is 7.37 Å². The Balaban J connectivity index is 3.55. The first-order chi connectivity index (χ1) is 3.62.